The quantitative estimate of drug-likeness (QED) is 0.815. The van der Waals surface area contributed by atoms with Gasteiger partial charge in [-0.05, 0) is 27.7 Å². The lowest BCUT2D eigenvalue weighted by Gasteiger charge is -2.32. The Balaban J connectivity index is 1.67. The summed E-state index contributed by atoms with van der Waals surface area (Å²) in [4.78, 5) is 11.2. The fraction of sp³-hybridized carbons (Fsp3) is 0.714. The molecule has 1 aromatic rings. The number of carbonyl (C=O) groups excluding carboxylic acids is 1. The molecule has 0 aromatic carbocycles. The Morgan fingerprint density at radius 2 is 2.05 bits per heavy atom. The van der Waals surface area contributed by atoms with Gasteiger partial charge < -0.3 is 14.6 Å². The Bertz CT molecular complexity index is 539. The second-order valence-electron chi connectivity index (χ2n) is 6.96. The topological polar surface area (TPSA) is 65.4 Å². The fourth-order valence-electron chi connectivity index (χ4n) is 2.64. The maximum absolute atomic E-state index is 11.2. The van der Waals surface area contributed by atoms with E-state index >= 15 is 0 Å². The summed E-state index contributed by atoms with van der Waals surface area (Å²) in [6, 6.07) is 0. The Hall–Kier alpha value is -1.34. The third-order valence-electron chi connectivity index (χ3n) is 4.69. The summed E-state index contributed by atoms with van der Waals surface area (Å²) >= 11 is 0. The normalized spacial score (nSPS) is 27.1. The molecule has 0 aliphatic carbocycles. The van der Waals surface area contributed by atoms with E-state index < -0.39 is 0 Å². The summed E-state index contributed by atoms with van der Waals surface area (Å²) < 4.78 is 13.9. The standard InChI is InChI=1S/C14H22BN3O3/c1-13(2)14(3,4)21-15(20-13)11-7-17-18(9-11)8-10-5-12(19)16-6-10/h7,9-10H,5-6,8H2,1-4H3,(H,16,19). The Labute approximate surface area is 125 Å². The summed E-state index contributed by atoms with van der Waals surface area (Å²) in [5.41, 5.74) is 0.231. The van der Waals surface area contributed by atoms with Crippen molar-refractivity contribution in [3.8, 4) is 0 Å². The fourth-order valence-corrected chi connectivity index (χ4v) is 2.64. The van der Waals surface area contributed by atoms with Gasteiger partial charge in [0.25, 0.3) is 0 Å². The van der Waals surface area contributed by atoms with Crippen molar-refractivity contribution in [1.82, 2.24) is 15.1 Å². The predicted octanol–water partition coefficient (Wildman–Crippen LogP) is 0.318. The first-order valence-corrected chi connectivity index (χ1v) is 7.41. The van der Waals surface area contributed by atoms with Crippen LogP contribution in [0.4, 0.5) is 0 Å². The van der Waals surface area contributed by atoms with Crippen molar-refractivity contribution in [2.24, 2.45) is 5.92 Å². The highest BCUT2D eigenvalue weighted by Crippen LogP contribution is 2.36. The molecule has 1 unspecified atom stereocenters. The Kier molecular flexibility index (Phi) is 3.37. The number of hydrogen-bond acceptors (Lipinski definition) is 4. The first kappa shape index (κ1) is 14.6. The van der Waals surface area contributed by atoms with Gasteiger partial charge in [0, 0.05) is 43.3 Å². The molecule has 2 fully saturated rings. The summed E-state index contributed by atoms with van der Waals surface area (Å²) in [5.74, 6) is 0.432. The molecule has 3 heterocycles. The third kappa shape index (κ3) is 2.72. The molecule has 3 rings (SSSR count). The van der Waals surface area contributed by atoms with Gasteiger partial charge in [0.2, 0.25) is 5.91 Å². The van der Waals surface area contributed by atoms with Gasteiger partial charge >= 0.3 is 7.12 Å². The molecule has 21 heavy (non-hydrogen) atoms. The highest BCUT2D eigenvalue weighted by Gasteiger charge is 2.52. The monoisotopic (exact) mass is 291 g/mol. The van der Waals surface area contributed by atoms with E-state index in [1.54, 1.807) is 6.20 Å². The number of nitrogens with zero attached hydrogens (tertiary/aromatic N) is 2. The number of carbonyl (C=O) groups is 1. The van der Waals surface area contributed by atoms with Gasteiger partial charge in [-0.15, -0.1) is 0 Å². The minimum absolute atomic E-state index is 0.123. The van der Waals surface area contributed by atoms with Crippen LogP contribution in [0, 0.1) is 5.92 Å². The average Bonchev–Trinajstić information content (AvgIpc) is 3.01. The molecule has 1 amide bonds. The highest BCUT2D eigenvalue weighted by molar-refractivity contribution is 6.61. The van der Waals surface area contributed by atoms with Crippen LogP contribution in [0.5, 0.6) is 0 Å². The first-order valence-electron chi connectivity index (χ1n) is 7.41. The summed E-state index contributed by atoms with van der Waals surface area (Å²) in [6.45, 7) is 9.60. The van der Waals surface area contributed by atoms with Crippen molar-refractivity contribution < 1.29 is 14.1 Å². The molecule has 0 saturated carbocycles. The van der Waals surface area contributed by atoms with Crippen LogP contribution in [-0.2, 0) is 20.6 Å². The highest BCUT2D eigenvalue weighted by atomic mass is 16.7. The number of aromatic nitrogens is 2. The van der Waals surface area contributed by atoms with Crippen LogP contribution in [0.25, 0.3) is 0 Å². The van der Waals surface area contributed by atoms with Gasteiger partial charge in [-0.25, -0.2) is 0 Å². The maximum atomic E-state index is 11.2. The van der Waals surface area contributed by atoms with Crippen LogP contribution in [-0.4, -0.2) is 40.6 Å². The molecule has 2 aliphatic rings. The van der Waals surface area contributed by atoms with Crippen LogP contribution >= 0.6 is 0 Å². The molecule has 1 atom stereocenters. The molecule has 0 bridgehead atoms. The molecule has 2 aliphatic heterocycles. The van der Waals surface area contributed by atoms with Crippen molar-refractivity contribution in [2.75, 3.05) is 6.54 Å². The smallest absolute Gasteiger partial charge is 0.399 e. The molecule has 1 N–H and O–H groups in total. The molecular weight excluding hydrogens is 269 g/mol. The van der Waals surface area contributed by atoms with Crippen molar-refractivity contribution in [2.45, 2.75) is 51.9 Å². The molecular formula is C14H22BN3O3. The maximum Gasteiger partial charge on any atom is 0.498 e. The SMILES string of the molecule is CC1(C)OB(c2cnn(CC3CNC(=O)C3)c2)OC1(C)C. The molecule has 114 valence electrons. The van der Waals surface area contributed by atoms with Crippen molar-refractivity contribution >= 4 is 18.5 Å². The van der Waals surface area contributed by atoms with Gasteiger partial charge in [-0.3, -0.25) is 9.48 Å². The number of amides is 1. The van der Waals surface area contributed by atoms with Crippen LogP contribution in [0.1, 0.15) is 34.1 Å². The molecule has 2 saturated heterocycles. The van der Waals surface area contributed by atoms with E-state index in [4.69, 9.17) is 9.31 Å². The Morgan fingerprint density at radius 1 is 1.38 bits per heavy atom. The largest absolute Gasteiger partial charge is 0.498 e. The van der Waals surface area contributed by atoms with Gasteiger partial charge in [-0.2, -0.15) is 5.10 Å². The van der Waals surface area contributed by atoms with E-state index in [2.05, 4.69) is 10.4 Å². The second-order valence-corrected chi connectivity index (χ2v) is 6.96. The van der Waals surface area contributed by atoms with Crippen molar-refractivity contribution in [3.05, 3.63) is 12.4 Å². The first-order chi connectivity index (χ1) is 9.77. The molecule has 1 aromatic heterocycles. The zero-order chi connectivity index (χ0) is 15.3. The third-order valence-corrected chi connectivity index (χ3v) is 4.69. The van der Waals surface area contributed by atoms with Crippen molar-refractivity contribution in [1.29, 1.82) is 0 Å². The summed E-state index contributed by atoms with van der Waals surface area (Å²) in [5, 5.41) is 7.21. The molecule has 6 nitrogen and oxygen atoms in total. The lowest BCUT2D eigenvalue weighted by molar-refractivity contribution is -0.119. The lowest BCUT2D eigenvalue weighted by Crippen LogP contribution is -2.41. The van der Waals surface area contributed by atoms with Crippen LogP contribution in [0.2, 0.25) is 0 Å². The predicted molar refractivity (Wildman–Crippen MR) is 79.1 cm³/mol. The minimum Gasteiger partial charge on any atom is -0.399 e. The second kappa shape index (κ2) is 4.85. The average molecular weight is 291 g/mol. The van der Waals surface area contributed by atoms with Crippen LogP contribution in [0.3, 0.4) is 0 Å². The van der Waals surface area contributed by atoms with Crippen LogP contribution in [0.15, 0.2) is 12.4 Å². The summed E-state index contributed by atoms with van der Waals surface area (Å²) in [6.07, 6.45) is 4.31. The zero-order valence-corrected chi connectivity index (χ0v) is 13.0. The zero-order valence-electron chi connectivity index (χ0n) is 13.0. The van der Waals surface area contributed by atoms with E-state index in [1.807, 2.05) is 38.6 Å². The van der Waals surface area contributed by atoms with Gasteiger partial charge in [0.15, 0.2) is 0 Å². The van der Waals surface area contributed by atoms with E-state index in [0.717, 1.165) is 18.6 Å². The van der Waals surface area contributed by atoms with Gasteiger partial charge in [0.1, 0.15) is 0 Å². The minimum atomic E-state index is -0.382. The molecule has 0 radical (unpaired) electrons. The Morgan fingerprint density at radius 3 is 2.62 bits per heavy atom. The summed E-state index contributed by atoms with van der Waals surface area (Å²) in [7, 11) is -0.382. The van der Waals surface area contributed by atoms with Gasteiger partial charge in [0.05, 0.1) is 11.2 Å². The van der Waals surface area contributed by atoms with Gasteiger partial charge in [-0.1, -0.05) is 0 Å². The van der Waals surface area contributed by atoms with E-state index in [1.165, 1.54) is 0 Å². The number of hydrogen-bond donors (Lipinski definition) is 1. The van der Waals surface area contributed by atoms with Crippen molar-refractivity contribution in [3.63, 3.8) is 0 Å². The van der Waals surface area contributed by atoms with E-state index in [0.29, 0.717) is 12.3 Å². The molecule has 0 spiro atoms. The van der Waals surface area contributed by atoms with E-state index in [9.17, 15) is 4.79 Å². The number of nitrogens with one attached hydrogen (secondary N) is 1. The number of rotatable bonds is 3. The van der Waals surface area contributed by atoms with E-state index in [-0.39, 0.29) is 24.2 Å². The molecule has 7 heteroatoms. The lowest BCUT2D eigenvalue weighted by atomic mass is 9.82. The van der Waals surface area contributed by atoms with Crippen LogP contribution < -0.4 is 10.8 Å².